The van der Waals surface area contributed by atoms with Gasteiger partial charge in [-0.1, -0.05) is 0 Å². The fourth-order valence-corrected chi connectivity index (χ4v) is 1.55. The maximum atomic E-state index is 13.2. The first-order valence-corrected chi connectivity index (χ1v) is 5.56. The van der Waals surface area contributed by atoms with Crippen molar-refractivity contribution in [1.82, 2.24) is 0 Å². The number of nitrogens with one attached hydrogen (secondary N) is 1. The number of hydrogen-bond acceptors (Lipinski definition) is 1. The van der Waals surface area contributed by atoms with Crippen molar-refractivity contribution in [3.63, 3.8) is 0 Å². The van der Waals surface area contributed by atoms with Gasteiger partial charge in [-0.25, -0.2) is 8.78 Å². The minimum absolute atomic E-state index is 0.0329. The number of hydrogen-bond donors (Lipinski definition) is 1. The van der Waals surface area contributed by atoms with E-state index in [2.05, 4.69) is 5.32 Å². The molecule has 1 nitrogen and oxygen atoms in total. The van der Waals surface area contributed by atoms with Gasteiger partial charge < -0.3 is 5.32 Å². The van der Waals surface area contributed by atoms with Crippen molar-refractivity contribution < 1.29 is 22.0 Å². The highest BCUT2D eigenvalue weighted by molar-refractivity contribution is 5.45. The first-order chi connectivity index (χ1) is 8.28. The van der Waals surface area contributed by atoms with Crippen LogP contribution in [-0.4, -0.2) is 12.2 Å². The number of halogens is 5. The van der Waals surface area contributed by atoms with Crippen molar-refractivity contribution in [2.45, 2.75) is 38.4 Å². The Kier molecular flexibility index (Phi) is 4.93. The zero-order valence-corrected chi connectivity index (χ0v) is 9.82. The molecule has 0 aliphatic heterocycles. The molecule has 18 heavy (non-hydrogen) atoms. The van der Waals surface area contributed by atoms with Gasteiger partial charge in [0.15, 0.2) is 0 Å². The molecule has 1 unspecified atom stereocenters. The molecule has 1 aromatic rings. The summed E-state index contributed by atoms with van der Waals surface area (Å²) < 4.78 is 61.8. The molecule has 0 bridgehead atoms. The van der Waals surface area contributed by atoms with E-state index in [1.807, 2.05) is 0 Å². The molecule has 0 saturated carbocycles. The summed E-state index contributed by atoms with van der Waals surface area (Å²) in [5.74, 6) is -1.22. The van der Waals surface area contributed by atoms with Gasteiger partial charge in [-0.2, -0.15) is 13.2 Å². The van der Waals surface area contributed by atoms with Crippen LogP contribution in [0, 0.1) is 11.6 Å². The zero-order chi connectivity index (χ0) is 13.8. The third-order valence-electron chi connectivity index (χ3n) is 2.43. The summed E-state index contributed by atoms with van der Waals surface area (Å²) in [6.07, 6.45) is -4.86. The number of anilines is 1. The molecular formula is C12H14F5N. The van der Waals surface area contributed by atoms with Crippen molar-refractivity contribution in [2.75, 3.05) is 5.32 Å². The SMILES string of the molecule is CC(CCCC(F)(F)F)Nc1cc(F)ccc1F. The molecule has 0 aliphatic carbocycles. The van der Waals surface area contributed by atoms with E-state index in [-0.39, 0.29) is 24.6 Å². The molecular weight excluding hydrogens is 253 g/mol. The highest BCUT2D eigenvalue weighted by atomic mass is 19.4. The van der Waals surface area contributed by atoms with Crippen molar-refractivity contribution >= 4 is 5.69 Å². The summed E-state index contributed by atoms with van der Waals surface area (Å²) in [4.78, 5) is 0. The summed E-state index contributed by atoms with van der Waals surface area (Å²) in [7, 11) is 0. The molecule has 0 fully saturated rings. The largest absolute Gasteiger partial charge is 0.389 e. The lowest BCUT2D eigenvalue weighted by molar-refractivity contribution is -0.135. The minimum Gasteiger partial charge on any atom is -0.380 e. The van der Waals surface area contributed by atoms with Gasteiger partial charge in [0.1, 0.15) is 11.6 Å². The van der Waals surface area contributed by atoms with Gasteiger partial charge in [-0.3, -0.25) is 0 Å². The highest BCUT2D eigenvalue weighted by Gasteiger charge is 2.26. The molecule has 0 saturated heterocycles. The van der Waals surface area contributed by atoms with Crippen molar-refractivity contribution in [3.05, 3.63) is 29.8 Å². The van der Waals surface area contributed by atoms with E-state index in [4.69, 9.17) is 0 Å². The first kappa shape index (κ1) is 14.7. The third-order valence-corrected chi connectivity index (χ3v) is 2.43. The first-order valence-electron chi connectivity index (χ1n) is 5.56. The minimum atomic E-state index is -4.18. The molecule has 0 radical (unpaired) electrons. The lowest BCUT2D eigenvalue weighted by Crippen LogP contribution is -2.17. The molecule has 1 atom stereocenters. The zero-order valence-electron chi connectivity index (χ0n) is 9.82. The second kappa shape index (κ2) is 6.02. The highest BCUT2D eigenvalue weighted by Crippen LogP contribution is 2.23. The van der Waals surface area contributed by atoms with Crippen LogP contribution in [0.2, 0.25) is 0 Å². The van der Waals surface area contributed by atoms with Crippen LogP contribution in [0.5, 0.6) is 0 Å². The molecule has 6 heteroatoms. The quantitative estimate of drug-likeness (QED) is 0.774. The Labute approximate surface area is 102 Å². The lowest BCUT2D eigenvalue weighted by Gasteiger charge is -2.16. The molecule has 0 heterocycles. The fraction of sp³-hybridized carbons (Fsp3) is 0.500. The van der Waals surface area contributed by atoms with Crippen molar-refractivity contribution in [3.8, 4) is 0 Å². The van der Waals surface area contributed by atoms with Crippen LogP contribution in [0.4, 0.5) is 27.6 Å². The third kappa shape index (κ3) is 5.33. The van der Waals surface area contributed by atoms with E-state index in [0.717, 1.165) is 18.2 Å². The molecule has 1 aromatic carbocycles. The normalized spacial score (nSPS) is 13.4. The summed E-state index contributed by atoms with van der Waals surface area (Å²) in [5, 5.41) is 2.65. The van der Waals surface area contributed by atoms with E-state index in [9.17, 15) is 22.0 Å². The lowest BCUT2D eigenvalue weighted by atomic mass is 10.1. The topological polar surface area (TPSA) is 12.0 Å². The van der Waals surface area contributed by atoms with Gasteiger partial charge in [-0.15, -0.1) is 0 Å². The second-order valence-corrected chi connectivity index (χ2v) is 4.18. The molecule has 102 valence electrons. The van der Waals surface area contributed by atoms with Crippen LogP contribution in [0.15, 0.2) is 18.2 Å². The smallest absolute Gasteiger partial charge is 0.380 e. The predicted molar refractivity (Wildman–Crippen MR) is 59.3 cm³/mol. The molecule has 0 aromatic heterocycles. The average Bonchev–Trinajstić information content (AvgIpc) is 2.21. The standard InChI is InChI=1S/C12H14F5N/c1-8(3-2-6-12(15,16)17)18-11-7-9(13)4-5-10(11)14/h4-5,7-8,18H,2-3,6H2,1H3. The van der Waals surface area contributed by atoms with Gasteiger partial charge in [0, 0.05) is 12.5 Å². The Bertz CT molecular complexity index is 389. The molecule has 1 N–H and O–H groups in total. The maximum absolute atomic E-state index is 13.2. The van der Waals surface area contributed by atoms with Crippen molar-refractivity contribution in [2.24, 2.45) is 0 Å². The molecule has 0 amide bonds. The Balaban J connectivity index is 2.44. The second-order valence-electron chi connectivity index (χ2n) is 4.18. The fourth-order valence-electron chi connectivity index (χ4n) is 1.55. The van der Waals surface area contributed by atoms with Crippen molar-refractivity contribution in [1.29, 1.82) is 0 Å². The van der Waals surface area contributed by atoms with E-state index in [1.54, 1.807) is 6.92 Å². The summed E-state index contributed by atoms with van der Waals surface area (Å²) in [5.41, 5.74) is -0.0329. The van der Waals surface area contributed by atoms with Gasteiger partial charge in [0.05, 0.1) is 5.69 Å². The Morgan fingerprint density at radius 1 is 1.22 bits per heavy atom. The van der Waals surface area contributed by atoms with Gasteiger partial charge in [0.2, 0.25) is 0 Å². The van der Waals surface area contributed by atoms with Crippen LogP contribution < -0.4 is 5.32 Å². The number of benzene rings is 1. The number of rotatable bonds is 5. The van der Waals surface area contributed by atoms with Gasteiger partial charge in [-0.05, 0) is 38.0 Å². The predicted octanol–water partition coefficient (Wildman–Crippen LogP) is 4.50. The molecule has 0 spiro atoms. The summed E-state index contributed by atoms with van der Waals surface area (Å²) in [6, 6.07) is 2.58. The van der Waals surface area contributed by atoms with Gasteiger partial charge in [0.25, 0.3) is 0 Å². The Hall–Kier alpha value is -1.33. The van der Waals surface area contributed by atoms with Gasteiger partial charge >= 0.3 is 6.18 Å². The maximum Gasteiger partial charge on any atom is 0.389 e. The van der Waals surface area contributed by atoms with E-state index in [0.29, 0.717) is 0 Å². The van der Waals surface area contributed by atoms with E-state index < -0.39 is 24.2 Å². The Morgan fingerprint density at radius 2 is 1.89 bits per heavy atom. The summed E-state index contributed by atoms with van der Waals surface area (Å²) >= 11 is 0. The van der Waals surface area contributed by atoms with Crippen LogP contribution in [-0.2, 0) is 0 Å². The number of alkyl halides is 3. The molecule has 1 rings (SSSR count). The van der Waals surface area contributed by atoms with Crippen LogP contribution in [0.3, 0.4) is 0 Å². The van der Waals surface area contributed by atoms with E-state index >= 15 is 0 Å². The van der Waals surface area contributed by atoms with Crippen LogP contribution in [0.25, 0.3) is 0 Å². The molecule has 0 aliphatic rings. The van der Waals surface area contributed by atoms with Crippen LogP contribution >= 0.6 is 0 Å². The average molecular weight is 267 g/mol. The summed E-state index contributed by atoms with van der Waals surface area (Å²) in [6.45, 7) is 1.63. The monoisotopic (exact) mass is 267 g/mol. The van der Waals surface area contributed by atoms with E-state index in [1.165, 1.54) is 0 Å². The van der Waals surface area contributed by atoms with Crippen LogP contribution in [0.1, 0.15) is 26.2 Å². The Morgan fingerprint density at radius 3 is 2.50 bits per heavy atom.